The molecular formula is C26H34N4O6S. The first-order valence-corrected chi connectivity index (χ1v) is 13.3. The Morgan fingerprint density at radius 3 is 2.65 bits per heavy atom. The summed E-state index contributed by atoms with van der Waals surface area (Å²) in [6, 6.07) is 2.96. The summed E-state index contributed by atoms with van der Waals surface area (Å²) >= 11 is 1.44. The summed E-state index contributed by atoms with van der Waals surface area (Å²) in [7, 11) is 0. The Morgan fingerprint density at radius 1 is 1.24 bits per heavy atom. The second kappa shape index (κ2) is 11.6. The van der Waals surface area contributed by atoms with Crippen LogP contribution in [0.25, 0.3) is 0 Å². The standard InChI is InChI=1S/C26H34N4O6S/c1-26(2,3)36-23(31)7-5-20(24(27)32)30-14-18-19(25(30)33)16-37-21(18)15-35-22-6-4-17(12-28-22)13-29-8-10-34-11-9-29/h4,6,12,16,20H,5,7-11,13-15H2,1-3H3,(H2,27,32)/t20-/m0/s1. The number of amides is 2. The molecule has 0 radical (unpaired) electrons. The van der Waals surface area contributed by atoms with Crippen molar-refractivity contribution in [2.45, 2.75) is 65.0 Å². The lowest BCUT2D eigenvalue weighted by atomic mass is 10.1. The van der Waals surface area contributed by atoms with Crippen LogP contribution in [0, 0.1) is 0 Å². The number of primary amides is 1. The maximum Gasteiger partial charge on any atom is 0.306 e. The highest BCUT2D eigenvalue weighted by Crippen LogP contribution is 2.34. The molecule has 2 aromatic rings. The van der Waals surface area contributed by atoms with Crippen molar-refractivity contribution in [3.8, 4) is 5.88 Å². The van der Waals surface area contributed by atoms with Gasteiger partial charge in [0.15, 0.2) is 0 Å². The monoisotopic (exact) mass is 530 g/mol. The molecule has 0 saturated carbocycles. The van der Waals surface area contributed by atoms with E-state index in [0.29, 0.717) is 11.4 Å². The summed E-state index contributed by atoms with van der Waals surface area (Å²) in [4.78, 5) is 46.5. The number of hydrogen-bond donors (Lipinski definition) is 1. The fraction of sp³-hybridized carbons (Fsp3) is 0.538. The van der Waals surface area contributed by atoms with Crippen LogP contribution in [0.2, 0.25) is 0 Å². The molecule has 200 valence electrons. The first kappa shape index (κ1) is 27.0. The van der Waals surface area contributed by atoms with Crippen LogP contribution in [0.5, 0.6) is 5.88 Å². The zero-order valence-corrected chi connectivity index (χ0v) is 22.3. The van der Waals surface area contributed by atoms with E-state index in [1.54, 1.807) is 26.2 Å². The Morgan fingerprint density at radius 2 is 2.00 bits per heavy atom. The second-order valence-corrected chi connectivity index (χ2v) is 11.2. The van der Waals surface area contributed by atoms with Gasteiger partial charge in [0.05, 0.1) is 18.8 Å². The summed E-state index contributed by atoms with van der Waals surface area (Å²) in [6.45, 7) is 9.98. The van der Waals surface area contributed by atoms with Gasteiger partial charge in [-0.1, -0.05) is 6.07 Å². The largest absolute Gasteiger partial charge is 0.472 e. The number of pyridine rings is 1. The van der Waals surface area contributed by atoms with Crippen LogP contribution < -0.4 is 10.5 Å². The first-order chi connectivity index (χ1) is 17.6. The van der Waals surface area contributed by atoms with E-state index in [1.807, 2.05) is 18.3 Å². The van der Waals surface area contributed by atoms with Gasteiger partial charge in [-0.25, -0.2) is 4.98 Å². The van der Waals surface area contributed by atoms with Gasteiger partial charge in [0, 0.05) is 60.7 Å². The fourth-order valence-corrected chi connectivity index (χ4v) is 5.34. The molecule has 37 heavy (non-hydrogen) atoms. The molecule has 2 N–H and O–H groups in total. The van der Waals surface area contributed by atoms with Gasteiger partial charge >= 0.3 is 5.97 Å². The number of carbonyl (C=O) groups excluding carboxylic acids is 3. The van der Waals surface area contributed by atoms with E-state index >= 15 is 0 Å². The molecule has 2 aromatic heterocycles. The van der Waals surface area contributed by atoms with Gasteiger partial charge in [-0.3, -0.25) is 19.3 Å². The highest BCUT2D eigenvalue weighted by Gasteiger charge is 2.38. The molecule has 0 aromatic carbocycles. The van der Waals surface area contributed by atoms with E-state index < -0.39 is 23.5 Å². The number of fused-ring (bicyclic) bond motifs is 1. The van der Waals surface area contributed by atoms with Gasteiger partial charge in [-0.05, 0) is 32.8 Å². The van der Waals surface area contributed by atoms with Crippen molar-refractivity contribution >= 4 is 29.1 Å². The molecule has 1 fully saturated rings. The highest BCUT2D eigenvalue weighted by atomic mass is 32.1. The van der Waals surface area contributed by atoms with Crippen LogP contribution in [0.4, 0.5) is 0 Å². The zero-order valence-electron chi connectivity index (χ0n) is 21.5. The lowest BCUT2D eigenvalue weighted by Crippen LogP contribution is -2.45. The Balaban J connectivity index is 1.34. The molecule has 1 atom stereocenters. The number of carbonyl (C=O) groups is 3. The molecule has 4 rings (SSSR count). The molecule has 0 bridgehead atoms. The number of esters is 1. The van der Waals surface area contributed by atoms with Gasteiger partial charge in [0.1, 0.15) is 18.2 Å². The molecule has 10 nitrogen and oxygen atoms in total. The SMILES string of the molecule is CC(C)(C)OC(=O)CC[C@@H](C(N)=O)N1Cc2c(csc2COc2ccc(CN3CCOCC3)cn2)C1=O. The van der Waals surface area contributed by atoms with Crippen LogP contribution in [-0.2, 0) is 38.8 Å². The van der Waals surface area contributed by atoms with Crippen molar-refractivity contribution in [3.63, 3.8) is 0 Å². The molecule has 2 amide bonds. The van der Waals surface area contributed by atoms with Crippen LogP contribution in [-0.4, -0.2) is 70.5 Å². The normalized spacial score (nSPS) is 16.9. The van der Waals surface area contributed by atoms with E-state index in [0.717, 1.165) is 48.9 Å². The number of morpholine rings is 1. The second-order valence-electron chi connectivity index (χ2n) is 10.2. The van der Waals surface area contributed by atoms with E-state index in [4.69, 9.17) is 19.9 Å². The Kier molecular flexibility index (Phi) is 8.46. The third-order valence-electron chi connectivity index (χ3n) is 6.21. The summed E-state index contributed by atoms with van der Waals surface area (Å²) in [6.07, 6.45) is 1.91. The Bertz CT molecular complexity index is 1120. The zero-order chi connectivity index (χ0) is 26.6. The number of nitrogens with zero attached hydrogens (tertiary/aromatic N) is 3. The van der Waals surface area contributed by atoms with E-state index in [2.05, 4.69) is 9.88 Å². The lowest BCUT2D eigenvalue weighted by Gasteiger charge is -2.26. The molecule has 0 aliphatic carbocycles. The summed E-state index contributed by atoms with van der Waals surface area (Å²) in [5.74, 6) is -0.848. The van der Waals surface area contributed by atoms with Crippen molar-refractivity contribution in [2.24, 2.45) is 5.73 Å². The molecule has 11 heteroatoms. The Labute approximate surface area is 220 Å². The molecule has 2 aliphatic rings. The molecule has 0 unspecified atom stereocenters. The lowest BCUT2D eigenvalue weighted by molar-refractivity contribution is -0.155. The summed E-state index contributed by atoms with van der Waals surface area (Å²) < 4.78 is 16.6. The smallest absolute Gasteiger partial charge is 0.306 e. The summed E-state index contributed by atoms with van der Waals surface area (Å²) in [5, 5.41) is 1.78. The predicted molar refractivity (Wildman–Crippen MR) is 137 cm³/mol. The molecule has 1 saturated heterocycles. The minimum absolute atomic E-state index is 0.00925. The molecule has 4 heterocycles. The van der Waals surface area contributed by atoms with Gasteiger partial charge in [0.25, 0.3) is 5.91 Å². The fourth-order valence-electron chi connectivity index (χ4n) is 4.39. The van der Waals surface area contributed by atoms with Gasteiger partial charge in [-0.15, -0.1) is 11.3 Å². The number of rotatable bonds is 10. The third-order valence-corrected chi connectivity index (χ3v) is 7.21. The molecule has 0 spiro atoms. The van der Waals surface area contributed by atoms with Crippen molar-refractivity contribution in [3.05, 3.63) is 45.3 Å². The first-order valence-electron chi connectivity index (χ1n) is 12.4. The van der Waals surface area contributed by atoms with Crippen LogP contribution >= 0.6 is 11.3 Å². The van der Waals surface area contributed by atoms with Crippen molar-refractivity contribution in [1.82, 2.24) is 14.8 Å². The summed E-state index contributed by atoms with van der Waals surface area (Å²) in [5.41, 5.74) is 7.46. The molecular weight excluding hydrogens is 496 g/mol. The maximum absolute atomic E-state index is 13.0. The van der Waals surface area contributed by atoms with Crippen molar-refractivity contribution < 1.29 is 28.6 Å². The van der Waals surface area contributed by atoms with Crippen LogP contribution in [0.3, 0.4) is 0 Å². The van der Waals surface area contributed by atoms with Crippen molar-refractivity contribution in [2.75, 3.05) is 26.3 Å². The van der Waals surface area contributed by atoms with Gasteiger partial charge in [-0.2, -0.15) is 0 Å². The predicted octanol–water partition coefficient (Wildman–Crippen LogP) is 2.49. The number of aromatic nitrogens is 1. The van der Waals surface area contributed by atoms with E-state index in [1.165, 1.54) is 16.2 Å². The van der Waals surface area contributed by atoms with Gasteiger partial charge < -0.3 is 24.8 Å². The quantitative estimate of drug-likeness (QED) is 0.465. The average Bonchev–Trinajstić information content (AvgIpc) is 3.38. The number of ether oxygens (including phenoxy) is 3. The third kappa shape index (κ3) is 7.06. The Hall–Kier alpha value is -3.02. The number of thiophene rings is 1. The minimum atomic E-state index is -0.896. The van der Waals surface area contributed by atoms with Crippen molar-refractivity contribution in [1.29, 1.82) is 0 Å². The topological polar surface area (TPSA) is 124 Å². The van der Waals surface area contributed by atoms with E-state index in [-0.39, 0.29) is 31.9 Å². The molecule has 2 aliphatic heterocycles. The van der Waals surface area contributed by atoms with Crippen LogP contribution in [0.15, 0.2) is 23.7 Å². The van der Waals surface area contributed by atoms with E-state index in [9.17, 15) is 14.4 Å². The minimum Gasteiger partial charge on any atom is -0.472 e. The average molecular weight is 531 g/mol. The number of hydrogen-bond acceptors (Lipinski definition) is 9. The van der Waals surface area contributed by atoms with Gasteiger partial charge in [0.2, 0.25) is 11.8 Å². The maximum atomic E-state index is 13.0. The highest BCUT2D eigenvalue weighted by molar-refractivity contribution is 7.10. The number of nitrogens with two attached hydrogens (primary N) is 1. The van der Waals surface area contributed by atoms with Crippen LogP contribution in [0.1, 0.15) is 60.0 Å².